The quantitative estimate of drug-likeness (QED) is 0.566. The van der Waals surface area contributed by atoms with E-state index in [0.717, 1.165) is 6.42 Å². The molecular formula is C21H23ClFN3O3. The van der Waals surface area contributed by atoms with Crippen molar-refractivity contribution in [2.45, 2.75) is 52.6 Å². The van der Waals surface area contributed by atoms with Crippen molar-refractivity contribution < 1.29 is 18.8 Å². The molecule has 0 spiro atoms. The van der Waals surface area contributed by atoms with Gasteiger partial charge in [-0.05, 0) is 64.3 Å². The van der Waals surface area contributed by atoms with Crippen molar-refractivity contribution in [3.05, 3.63) is 51.6 Å². The number of nitrogens with zero attached hydrogens (tertiary/aromatic N) is 1. The summed E-state index contributed by atoms with van der Waals surface area (Å²) in [6, 6.07) is 3.74. The Bertz CT molecular complexity index is 1010. The molecule has 154 valence electrons. The molecule has 8 heteroatoms. The minimum absolute atomic E-state index is 0.0102. The van der Waals surface area contributed by atoms with Crippen LogP contribution in [0.3, 0.4) is 0 Å². The molecule has 2 amide bonds. The maximum Gasteiger partial charge on any atom is 0.292 e. The van der Waals surface area contributed by atoms with Crippen LogP contribution in [0.2, 0.25) is 5.02 Å². The second kappa shape index (κ2) is 7.99. The second-order valence-electron chi connectivity index (χ2n) is 7.59. The van der Waals surface area contributed by atoms with Crippen molar-refractivity contribution in [2.24, 2.45) is 0 Å². The molecule has 29 heavy (non-hydrogen) atoms. The number of benzene rings is 1. The first-order chi connectivity index (χ1) is 13.6. The fraction of sp³-hybridized carbons (Fsp3) is 0.381. The molecule has 1 aromatic heterocycles. The molecule has 0 bridgehead atoms. The van der Waals surface area contributed by atoms with Gasteiger partial charge >= 0.3 is 0 Å². The molecule has 2 N–H and O–H groups in total. The molecule has 0 fully saturated rings. The van der Waals surface area contributed by atoms with E-state index in [1.165, 1.54) is 18.2 Å². The Balaban J connectivity index is 2.01. The van der Waals surface area contributed by atoms with Crippen LogP contribution >= 0.6 is 11.6 Å². The molecular weight excluding hydrogens is 397 g/mol. The molecule has 2 heterocycles. The number of carbonyl (C=O) groups excluding carboxylic acids is 3. The van der Waals surface area contributed by atoms with Gasteiger partial charge in [-0.25, -0.2) is 4.39 Å². The average molecular weight is 420 g/mol. The standard InChI is InChI=1S/C21H23ClFN3O3/c1-10(2)24-21(29)19(27)17-12(4)18(26-11(3)5-8-16(17)26)20(28)25-13-6-7-15(23)14(22)9-13/h6-7,9-11H,5,8H2,1-4H3,(H,24,29)(H,25,28)/t11-/m1/s1. The van der Waals surface area contributed by atoms with Gasteiger partial charge in [0.1, 0.15) is 11.5 Å². The van der Waals surface area contributed by atoms with Gasteiger partial charge in [-0.2, -0.15) is 0 Å². The number of amides is 2. The van der Waals surface area contributed by atoms with E-state index in [9.17, 15) is 18.8 Å². The fourth-order valence-corrected chi connectivity index (χ4v) is 3.94. The molecule has 6 nitrogen and oxygen atoms in total. The van der Waals surface area contributed by atoms with E-state index in [0.29, 0.717) is 29.1 Å². The Morgan fingerprint density at radius 2 is 1.97 bits per heavy atom. The molecule has 1 atom stereocenters. The third kappa shape index (κ3) is 3.92. The van der Waals surface area contributed by atoms with Gasteiger partial charge in [-0.15, -0.1) is 0 Å². The molecule has 0 radical (unpaired) electrons. The number of aromatic nitrogens is 1. The molecule has 2 aromatic rings. The summed E-state index contributed by atoms with van der Waals surface area (Å²) in [7, 11) is 0. The first-order valence-corrected chi connectivity index (χ1v) is 9.84. The van der Waals surface area contributed by atoms with Gasteiger partial charge < -0.3 is 15.2 Å². The van der Waals surface area contributed by atoms with Gasteiger partial charge in [-0.1, -0.05) is 11.6 Å². The maximum atomic E-state index is 13.4. The van der Waals surface area contributed by atoms with Gasteiger partial charge in [0, 0.05) is 23.5 Å². The lowest BCUT2D eigenvalue weighted by atomic mass is 10.0. The normalized spacial score (nSPS) is 15.3. The highest BCUT2D eigenvalue weighted by Crippen LogP contribution is 2.36. The Labute approximate surface area is 173 Å². The SMILES string of the molecule is Cc1c(C(=O)C(=O)NC(C)C)c2n(c1C(=O)Nc1ccc(F)c(Cl)c1)[C@H](C)CC2. The highest BCUT2D eigenvalue weighted by Gasteiger charge is 2.35. The summed E-state index contributed by atoms with van der Waals surface area (Å²) < 4.78 is 15.2. The summed E-state index contributed by atoms with van der Waals surface area (Å²) in [5, 5.41) is 5.22. The lowest BCUT2D eigenvalue weighted by Crippen LogP contribution is -2.36. The van der Waals surface area contributed by atoms with E-state index < -0.39 is 23.4 Å². The predicted molar refractivity (Wildman–Crippen MR) is 109 cm³/mol. The molecule has 1 aliphatic heterocycles. The molecule has 0 saturated carbocycles. The highest BCUT2D eigenvalue weighted by atomic mass is 35.5. The van der Waals surface area contributed by atoms with E-state index in [-0.39, 0.29) is 22.7 Å². The third-order valence-corrected chi connectivity index (χ3v) is 5.33. The summed E-state index contributed by atoms with van der Waals surface area (Å²) in [5.74, 6) is -2.35. The van der Waals surface area contributed by atoms with Gasteiger partial charge in [0.25, 0.3) is 17.6 Å². The van der Waals surface area contributed by atoms with Crippen molar-refractivity contribution in [3.8, 4) is 0 Å². The number of hydrogen-bond acceptors (Lipinski definition) is 3. The first kappa shape index (κ1) is 21.0. The van der Waals surface area contributed by atoms with Gasteiger partial charge in [0.15, 0.2) is 0 Å². The van der Waals surface area contributed by atoms with Crippen molar-refractivity contribution in [3.63, 3.8) is 0 Å². The number of halogens is 2. The van der Waals surface area contributed by atoms with Crippen molar-refractivity contribution in [2.75, 3.05) is 5.32 Å². The molecule has 1 aromatic carbocycles. The van der Waals surface area contributed by atoms with Crippen LogP contribution in [0.5, 0.6) is 0 Å². The number of nitrogens with one attached hydrogen (secondary N) is 2. The topological polar surface area (TPSA) is 80.2 Å². The number of anilines is 1. The van der Waals surface area contributed by atoms with E-state index in [2.05, 4.69) is 10.6 Å². The largest absolute Gasteiger partial charge is 0.347 e. The van der Waals surface area contributed by atoms with Crippen LogP contribution in [0.1, 0.15) is 65.3 Å². The van der Waals surface area contributed by atoms with Crippen LogP contribution in [-0.2, 0) is 11.2 Å². The fourth-order valence-electron chi connectivity index (χ4n) is 3.76. The number of hydrogen-bond donors (Lipinski definition) is 2. The molecule has 3 rings (SSSR count). The van der Waals surface area contributed by atoms with Gasteiger partial charge in [0.05, 0.1) is 10.6 Å². The van der Waals surface area contributed by atoms with Gasteiger partial charge in [-0.3, -0.25) is 14.4 Å². The van der Waals surface area contributed by atoms with Crippen molar-refractivity contribution in [1.29, 1.82) is 0 Å². The summed E-state index contributed by atoms with van der Waals surface area (Å²) >= 11 is 5.79. The highest BCUT2D eigenvalue weighted by molar-refractivity contribution is 6.43. The maximum absolute atomic E-state index is 13.4. The lowest BCUT2D eigenvalue weighted by Gasteiger charge is -2.13. The van der Waals surface area contributed by atoms with Crippen molar-refractivity contribution in [1.82, 2.24) is 9.88 Å². The number of ketones is 1. The van der Waals surface area contributed by atoms with Crippen molar-refractivity contribution >= 4 is 34.9 Å². The number of rotatable bonds is 5. The summed E-state index contributed by atoms with van der Waals surface area (Å²) in [4.78, 5) is 38.2. The van der Waals surface area contributed by atoms with E-state index in [1.807, 2.05) is 11.5 Å². The zero-order valence-electron chi connectivity index (χ0n) is 16.7. The molecule has 0 saturated heterocycles. The van der Waals surface area contributed by atoms with Crippen LogP contribution in [-0.4, -0.2) is 28.2 Å². The minimum atomic E-state index is -0.687. The predicted octanol–water partition coefficient (Wildman–Crippen LogP) is 4.06. The van der Waals surface area contributed by atoms with Crippen LogP contribution in [0, 0.1) is 12.7 Å². The number of Topliss-reactive ketones (excluding diaryl/α,β-unsaturated/α-hetero) is 1. The minimum Gasteiger partial charge on any atom is -0.347 e. The Kier molecular flexibility index (Phi) is 5.80. The molecule has 0 unspecified atom stereocenters. The van der Waals surface area contributed by atoms with Crippen LogP contribution in [0.25, 0.3) is 0 Å². The zero-order valence-corrected chi connectivity index (χ0v) is 17.5. The number of fused-ring (bicyclic) bond motifs is 1. The summed E-state index contributed by atoms with van der Waals surface area (Å²) in [6.07, 6.45) is 1.37. The van der Waals surface area contributed by atoms with Crippen LogP contribution in [0.15, 0.2) is 18.2 Å². The zero-order chi connectivity index (χ0) is 21.5. The van der Waals surface area contributed by atoms with Crippen LogP contribution < -0.4 is 10.6 Å². The number of carbonyl (C=O) groups is 3. The van der Waals surface area contributed by atoms with E-state index in [1.54, 1.807) is 20.8 Å². The molecule has 0 aliphatic carbocycles. The van der Waals surface area contributed by atoms with E-state index >= 15 is 0 Å². The third-order valence-electron chi connectivity index (χ3n) is 5.04. The summed E-state index contributed by atoms with van der Waals surface area (Å²) in [6.45, 7) is 7.18. The Hall–Kier alpha value is -2.67. The molecule has 1 aliphatic rings. The summed E-state index contributed by atoms with van der Waals surface area (Å²) in [5.41, 5.74) is 2.11. The average Bonchev–Trinajstić information content (AvgIpc) is 3.13. The monoisotopic (exact) mass is 419 g/mol. The first-order valence-electron chi connectivity index (χ1n) is 9.47. The Morgan fingerprint density at radius 3 is 2.59 bits per heavy atom. The van der Waals surface area contributed by atoms with E-state index in [4.69, 9.17) is 11.6 Å². The van der Waals surface area contributed by atoms with Crippen LogP contribution in [0.4, 0.5) is 10.1 Å². The smallest absolute Gasteiger partial charge is 0.292 e. The lowest BCUT2D eigenvalue weighted by molar-refractivity contribution is -0.117. The van der Waals surface area contributed by atoms with Gasteiger partial charge in [0.2, 0.25) is 0 Å². The Morgan fingerprint density at radius 1 is 1.28 bits per heavy atom. The second-order valence-corrected chi connectivity index (χ2v) is 8.00.